The molecule has 1 aromatic heterocycles. The number of aliphatic hydroxyl groups excluding tert-OH is 1. The number of allylic oxidation sites excluding steroid dienone is 1. The third-order valence-electron chi connectivity index (χ3n) is 7.07. The third-order valence-corrected chi connectivity index (χ3v) is 9.18. The molecule has 9 heteroatoms. The van der Waals surface area contributed by atoms with Crippen molar-refractivity contribution in [2.24, 2.45) is 0 Å². The predicted octanol–water partition coefficient (Wildman–Crippen LogP) is 7.73. The number of nitrogens with zero attached hydrogens (tertiary/aromatic N) is 3. The number of carbonyl (C=O) groups is 2. The van der Waals surface area contributed by atoms with Crippen molar-refractivity contribution >= 4 is 56.8 Å². The van der Waals surface area contributed by atoms with Gasteiger partial charge in [0.05, 0.1) is 11.6 Å². The lowest BCUT2D eigenvalue weighted by Gasteiger charge is -2.24. The fourth-order valence-corrected chi connectivity index (χ4v) is 6.91. The number of anilines is 1. The molecular formula is C35H27N3O4S2. The van der Waals surface area contributed by atoms with Crippen LogP contribution in [0.5, 0.6) is 5.75 Å². The Hall–Kier alpha value is -4.99. The Morgan fingerprint density at radius 1 is 1.00 bits per heavy atom. The van der Waals surface area contributed by atoms with Gasteiger partial charge in [-0.05, 0) is 45.7 Å². The van der Waals surface area contributed by atoms with Crippen LogP contribution in [0.25, 0.3) is 16.8 Å². The van der Waals surface area contributed by atoms with E-state index in [1.807, 2.05) is 48.5 Å². The number of aromatic nitrogens is 2. The standard InChI is InChI=1S/C35H27N3O4S2/c1-2-20-42-27-16-9-14-25(21-27)31-30(29(39)19-18-23-10-4-3-5-11-23)32(40)33(41)38(31)34-36-37-35(44-34)43-22-26-15-8-13-24-12-6-7-17-28(24)26/h2-19,21,31,40H,1,20,22H2. The zero-order valence-corrected chi connectivity index (χ0v) is 25.1. The van der Waals surface area contributed by atoms with Crippen LogP contribution in [-0.2, 0) is 15.3 Å². The molecule has 0 spiro atoms. The van der Waals surface area contributed by atoms with Crippen molar-refractivity contribution in [2.45, 2.75) is 16.1 Å². The van der Waals surface area contributed by atoms with Crippen LogP contribution < -0.4 is 9.64 Å². The van der Waals surface area contributed by atoms with Crippen LogP contribution in [0.4, 0.5) is 5.13 Å². The minimum absolute atomic E-state index is 0.0387. The Morgan fingerprint density at radius 3 is 2.61 bits per heavy atom. The van der Waals surface area contributed by atoms with Crippen LogP contribution in [0, 0.1) is 0 Å². The molecule has 1 aliphatic rings. The lowest BCUT2D eigenvalue weighted by molar-refractivity contribution is -0.117. The number of ketones is 1. The highest BCUT2D eigenvalue weighted by Gasteiger charge is 2.45. The van der Waals surface area contributed by atoms with Gasteiger partial charge < -0.3 is 9.84 Å². The number of ether oxygens (including phenoxy) is 1. The monoisotopic (exact) mass is 617 g/mol. The van der Waals surface area contributed by atoms with E-state index in [1.54, 1.807) is 36.4 Å². The number of hydrogen-bond donors (Lipinski definition) is 1. The van der Waals surface area contributed by atoms with Gasteiger partial charge in [0.2, 0.25) is 5.13 Å². The van der Waals surface area contributed by atoms with Gasteiger partial charge in [-0.3, -0.25) is 14.5 Å². The number of benzene rings is 4. The Kier molecular flexibility index (Phi) is 8.67. The number of rotatable bonds is 11. The molecule has 1 aliphatic heterocycles. The first-order chi connectivity index (χ1) is 21.5. The minimum atomic E-state index is -0.938. The van der Waals surface area contributed by atoms with E-state index >= 15 is 0 Å². The fourth-order valence-electron chi connectivity index (χ4n) is 5.04. The van der Waals surface area contributed by atoms with Gasteiger partial charge in [0.1, 0.15) is 12.4 Å². The number of fused-ring (bicyclic) bond motifs is 1. The summed E-state index contributed by atoms with van der Waals surface area (Å²) in [6.07, 6.45) is 4.66. The first-order valence-electron chi connectivity index (χ1n) is 13.8. The minimum Gasteiger partial charge on any atom is -0.503 e. The predicted molar refractivity (Wildman–Crippen MR) is 176 cm³/mol. The van der Waals surface area contributed by atoms with Crippen molar-refractivity contribution in [1.82, 2.24) is 10.2 Å². The molecule has 2 heterocycles. The van der Waals surface area contributed by atoms with E-state index in [4.69, 9.17) is 4.74 Å². The average Bonchev–Trinajstić information content (AvgIpc) is 3.63. The number of aliphatic hydroxyl groups is 1. The molecule has 218 valence electrons. The van der Waals surface area contributed by atoms with Gasteiger partial charge in [-0.25, -0.2) is 0 Å². The maximum absolute atomic E-state index is 13.6. The van der Waals surface area contributed by atoms with Gasteiger partial charge >= 0.3 is 0 Å². The lowest BCUT2D eigenvalue weighted by Crippen LogP contribution is -2.30. The Balaban J connectivity index is 1.32. The summed E-state index contributed by atoms with van der Waals surface area (Å²) < 4.78 is 6.39. The van der Waals surface area contributed by atoms with Crippen molar-refractivity contribution in [2.75, 3.05) is 11.5 Å². The van der Waals surface area contributed by atoms with Crippen LogP contribution >= 0.6 is 23.1 Å². The summed E-state index contributed by atoms with van der Waals surface area (Å²) in [5, 5.41) is 22.4. The van der Waals surface area contributed by atoms with E-state index in [9.17, 15) is 14.7 Å². The smallest absolute Gasteiger partial charge is 0.296 e. The zero-order valence-electron chi connectivity index (χ0n) is 23.5. The second-order valence-corrected chi connectivity index (χ2v) is 12.1. The van der Waals surface area contributed by atoms with Gasteiger partial charge in [0.15, 0.2) is 15.9 Å². The molecule has 0 aliphatic carbocycles. The molecule has 7 nitrogen and oxygen atoms in total. The second kappa shape index (κ2) is 13.1. The zero-order chi connectivity index (χ0) is 30.5. The Bertz CT molecular complexity index is 1910. The molecule has 0 radical (unpaired) electrons. The summed E-state index contributed by atoms with van der Waals surface area (Å²) in [5.74, 6) is -0.620. The van der Waals surface area contributed by atoms with Gasteiger partial charge in [0.25, 0.3) is 5.91 Å². The summed E-state index contributed by atoms with van der Waals surface area (Å²) >= 11 is 2.75. The van der Waals surface area contributed by atoms with Gasteiger partial charge in [-0.15, -0.1) is 10.2 Å². The van der Waals surface area contributed by atoms with Crippen LogP contribution in [-0.4, -0.2) is 33.6 Å². The molecule has 0 fully saturated rings. The normalized spacial score (nSPS) is 15.0. The van der Waals surface area contributed by atoms with Crippen LogP contribution in [0.1, 0.15) is 22.7 Å². The first-order valence-corrected chi connectivity index (χ1v) is 15.6. The molecule has 5 aromatic rings. The van der Waals surface area contributed by atoms with Gasteiger partial charge in [-0.2, -0.15) is 0 Å². The number of hydrogen-bond acceptors (Lipinski definition) is 8. The van der Waals surface area contributed by atoms with Crippen molar-refractivity contribution in [1.29, 1.82) is 0 Å². The molecule has 1 amide bonds. The average molecular weight is 618 g/mol. The highest BCUT2D eigenvalue weighted by Crippen LogP contribution is 2.44. The largest absolute Gasteiger partial charge is 0.503 e. The van der Waals surface area contributed by atoms with Crippen LogP contribution in [0.2, 0.25) is 0 Å². The van der Waals surface area contributed by atoms with E-state index in [1.165, 1.54) is 39.5 Å². The van der Waals surface area contributed by atoms with E-state index in [-0.39, 0.29) is 17.3 Å². The van der Waals surface area contributed by atoms with Crippen LogP contribution in [0.15, 0.2) is 131 Å². The number of carbonyl (C=O) groups excluding carboxylic acids is 2. The molecule has 0 bridgehead atoms. The summed E-state index contributed by atoms with van der Waals surface area (Å²) in [4.78, 5) is 28.5. The fraction of sp³-hybridized carbons (Fsp3) is 0.0857. The Labute approximate surface area is 262 Å². The SMILES string of the molecule is C=CCOc1cccc(C2C(C(=O)C=Cc3ccccc3)=C(O)C(=O)N2c2nnc(SCc3cccc4ccccc34)s2)c1. The quantitative estimate of drug-likeness (QED) is 0.0702. The van der Waals surface area contributed by atoms with Crippen LogP contribution in [0.3, 0.4) is 0 Å². The molecule has 4 aromatic carbocycles. The molecule has 0 saturated carbocycles. The highest BCUT2D eigenvalue weighted by atomic mass is 32.2. The van der Waals surface area contributed by atoms with Crippen molar-refractivity contribution in [3.05, 3.63) is 144 Å². The topological polar surface area (TPSA) is 92.6 Å². The molecule has 6 rings (SSSR count). The maximum Gasteiger partial charge on any atom is 0.296 e. The molecule has 1 unspecified atom stereocenters. The maximum atomic E-state index is 13.6. The van der Waals surface area contributed by atoms with Gasteiger partial charge in [0, 0.05) is 5.75 Å². The van der Waals surface area contributed by atoms with E-state index in [0.717, 1.165) is 16.5 Å². The second-order valence-electron chi connectivity index (χ2n) is 9.90. The summed E-state index contributed by atoms with van der Waals surface area (Å²) in [5.41, 5.74) is 2.52. The van der Waals surface area contributed by atoms with Crippen molar-refractivity contribution < 1.29 is 19.4 Å². The van der Waals surface area contributed by atoms with Gasteiger partial charge in [-0.1, -0.05) is 127 Å². The summed E-state index contributed by atoms with van der Waals surface area (Å²) in [7, 11) is 0. The van der Waals surface area contributed by atoms with E-state index in [0.29, 0.717) is 21.4 Å². The molecular weight excluding hydrogens is 591 g/mol. The van der Waals surface area contributed by atoms with Crippen molar-refractivity contribution in [3.63, 3.8) is 0 Å². The molecule has 1 N–H and O–H groups in total. The van der Waals surface area contributed by atoms with E-state index < -0.39 is 23.5 Å². The van der Waals surface area contributed by atoms with E-state index in [2.05, 4.69) is 41.0 Å². The lowest BCUT2D eigenvalue weighted by atomic mass is 9.95. The first kappa shape index (κ1) is 29.1. The number of thioether (sulfide) groups is 1. The van der Waals surface area contributed by atoms with Crippen molar-refractivity contribution in [3.8, 4) is 5.75 Å². The Morgan fingerprint density at radius 2 is 1.77 bits per heavy atom. The summed E-state index contributed by atoms with van der Waals surface area (Å²) in [6, 6.07) is 29.9. The molecule has 0 saturated heterocycles. The highest BCUT2D eigenvalue weighted by molar-refractivity contribution is 8.00. The molecule has 1 atom stereocenters. The molecule has 44 heavy (non-hydrogen) atoms. The third kappa shape index (κ3) is 6.06. The number of amides is 1. The summed E-state index contributed by atoms with van der Waals surface area (Å²) in [6.45, 7) is 3.98.